The molecule has 3 heterocycles. The number of pyridine rings is 1. The Labute approximate surface area is 158 Å². The highest BCUT2D eigenvalue weighted by molar-refractivity contribution is 5.94. The number of amides is 1. The van der Waals surface area contributed by atoms with Crippen molar-refractivity contribution in [3.63, 3.8) is 0 Å². The van der Waals surface area contributed by atoms with Crippen molar-refractivity contribution in [1.82, 2.24) is 24.8 Å². The van der Waals surface area contributed by atoms with Gasteiger partial charge in [-0.2, -0.15) is 0 Å². The molecule has 3 aromatic heterocycles. The van der Waals surface area contributed by atoms with Crippen molar-refractivity contribution in [2.24, 2.45) is 5.92 Å². The number of rotatable bonds is 7. The van der Waals surface area contributed by atoms with Gasteiger partial charge in [0.05, 0.1) is 0 Å². The van der Waals surface area contributed by atoms with E-state index in [-0.39, 0.29) is 5.91 Å². The summed E-state index contributed by atoms with van der Waals surface area (Å²) in [6.45, 7) is 3.63. The molecule has 0 unspecified atom stereocenters. The molecule has 0 aliphatic heterocycles. The lowest BCUT2D eigenvalue weighted by molar-refractivity contribution is 0.0944. The quantitative estimate of drug-likeness (QED) is 0.698. The van der Waals surface area contributed by atoms with Gasteiger partial charge in [0.25, 0.3) is 5.91 Å². The van der Waals surface area contributed by atoms with Crippen molar-refractivity contribution >= 4 is 5.91 Å². The minimum absolute atomic E-state index is 0.0170. The van der Waals surface area contributed by atoms with Gasteiger partial charge in [0.15, 0.2) is 5.82 Å². The van der Waals surface area contributed by atoms with Crippen molar-refractivity contribution in [2.45, 2.75) is 32.7 Å². The maximum atomic E-state index is 12.5. The minimum atomic E-state index is -0.0170. The van der Waals surface area contributed by atoms with Gasteiger partial charge < -0.3 is 9.88 Å². The monoisotopic (exact) mass is 361 g/mol. The number of carbonyl (C=O) groups is 1. The molecule has 0 saturated heterocycles. The van der Waals surface area contributed by atoms with Gasteiger partial charge in [0.1, 0.15) is 5.69 Å². The van der Waals surface area contributed by atoms with Crippen LogP contribution in [-0.4, -0.2) is 32.0 Å². The molecule has 3 aromatic rings. The Morgan fingerprint density at radius 2 is 2.00 bits per heavy atom. The van der Waals surface area contributed by atoms with E-state index in [1.54, 1.807) is 24.8 Å². The Balaban J connectivity index is 1.60. The Bertz CT molecular complexity index is 914. The molecule has 1 aliphatic rings. The molecule has 6 heteroatoms. The van der Waals surface area contributed by atoms with Crippen LogP contribution in [0.1, 0.15) is 36.7 Å². The molecule has 0 atom stereocenters. The zero-order chi connectivity index (χ0) is 18.6. The normalized spacial score (nSPS) is 13.5. The lowest BCUT2D eigenvalue weighted by Crippen LogP contribution is -2.26. The second-order valence-electron chi connectivity index (χ2n) is 7.00. The second kappa shape index (κ2) is 7.70. The third-order valence-corrected chi connectivity index (χ3v) is 4.72. The molecule has 27 heavy (non-hydrogen) atoms. The molecule has 1 saturated carbocycles. The van der Waals surface area contributed by atoms with Crippen molar-refractivity contribution in [3.8, 4) is 22.5 Å². The fraction of sp³-hybridized carbons (Fsp3) is 0.333. The van der Waals surface area contributed by atoms with Gasteiger partial charge in [0, 0.05) is 60.8 Å². The van der Waals surface area contributed by atoms with Gasteiger partial charge in [-0.3, -0.25) is 9.78 Å². The van der Waals surface area contributed by atoms with E-state index >= 15 is 0 Å². The Kier molecular flexibility index (Phi) is 4.96. The zero-order valence-electron chi connectivity index (χ0n) is 15.4. The first-order chi connectivity index (χ1) is 13.2. The summed E-state index contributed by atoms with van der Waals surface area (Å²) in [5.74, 6) is 1.31. The Hall–Kier alpha value is -3.02. The third kappa shape index (κ3) is 4.05. The summed E-state index contributed by atoms with van der Waals surface area (Å²) in [7, 11) is 0. The number of carbonyl (C=O) groups excluding carboxylic acids is 1. The highest BCUT2D eigenvalue weighted by atomic mass is 16.1. The molecule has 138 valence electrons. The van der Waals surface area contributed by atoms with E-state index in [4.69, 9.17) is 0 Å². The average Bonchev–Trinajstić information content (AvgIpc) is 3.43. The second-order valence-corrected chi connectivity index (χ2v) is 7.00. The number of hydrogen-bond acceptors (Lipinski definition) is 4. The molecule has 0 radical (unpaired) electrons. The summed E-state index contributed by atoms with van der Waals surface area (Å²) in [6.07, 6.45) is 12.5. The number of nitrogens with one attached hydrogen (secondary N) is 1. The van der Waals surface area contributed by atoms with Crippen LogP contribution in [0.5, 0.6) is 0 Å². The summed E-state index contributed by atoms with van der Waals surface area (Å²) in [5.41, 5.74) is 3.47. The van der Waals surface area contributed by atoms with Gasteiger partial charge >= 0.3 is 0 Å². The maximum Gasteiger partial charge on any atom is 0.267 e. The standard InChI is InChI=1S/C21H23N5O/c1-2-7-23-21(27)19-9-17(14-26(19)13-15-5-6-15)18-11-24-20(25-12-18)16-4-3-8-22-10-16/h3-4,8-12,14-15H,2,5-7,13H2,1H3,(H,23,27). The molecule has 4 rings (SSSR count). The predicted octanol–water partition coefficient (Wildman–Crippen LogP) is 3.56. The summed E-state index contributed by atoms with van der Waals surface area (Å²) in [4.78, 5) is 25.6. The van der Waals surface area contributed by atoms with Gasteiger partial charge in [-0.15, -0.1) is 0 Å². The molecular weight excluding hydrogens is 338 g/mol. The largest absolute Gasteiger partial charge is 0.351 e. The lowest BCUT2D eigenvalue weighted by Gasteiger charge is -2.08. The molecule has 0 aromatic carbocycles. The predicted molar refractivity (Wildman–Crippen MR) is 104 cm³/mol. The first-order valence-electron chi connectivity index (χ1n) is 9.45. The van der Waals surface area contributed by atoms with Crippen molar-refractivity contribution in [3.05, 3.63) is 54.9 Å². The van der Waals surface area contributed by atoms with Crippen molar-refractivity contribution in [1.29, 1.82) is 0 Å². The molecule has 0 bridgehead atoms. The van der Waals surface area contributed by atoms with Crippen LogP contribution in [0.15, 0.2) is 49.2 Å². The van der Waals surface area contributed by atoms with Crippen LogP contribution in [0.4, 0.5) is 0 Å². The van der Waals surface area contributed by atoms with Crippen LogP contribution in [0.3, 0.4) is 0 Å². The maximum absolute atomic E-state index is 12.5. The van der Waals surface area contributed by atoms with Crippen LogP contribution in [0, 0.1) is 5.92 Å². The first-order valence-corrected chi connectivity index (χ1v) is 9.45. The van der Waals surface area contributed by atoms with E-state index in [1.165, 1.54) is 12.8 Å². The van der Waals surface area contributed by atoms with E-state index in [0.29, 0.717) is 24.0 Å². The van der Waals surface area contributed by atoms with Gasteiger partial charge in [-0.25, -0.2) is 9.97 Å². The average molecular weight is 361 g/mol. The summed E-state index contributed by atoms with van der Waals surface area (Å²) < 4.78 is 2.08. The molecule has 6 nitrogen and oxygen atoms in total. The molecule has 1 aliphatic carbocycles. The van der Waals surface area contributed by atoms with Crippen LogP contribution in [0.2, 0.25) is 0 Å². The smallest absolute Gasteiger partial charge is 0.267 e. The van der Waals surface area contributed by atoms with Crippen LogP contribution in [-0.2, 0) is 6.54 Å². The fourth-order valence-corrected chi connectivity index (χ4v) is 3.04. The van der Waals surface area contributed by atoms with Crippen molar-refractivity contribution in [2.75, 3.05) is 6.54 Å². The zero-order valence-corrected chi connectivity index (χ0v) is 15.4. The van der Waals surface area contributed by atoms with E-state index in [1.807, 2.05) is 24.4 Å². The van der Waals surface area contributed by atoms with Crippen LogP contribution < -0.4 is 5.32 Å². The van der Waals surface area contributed by atoms with Gasteiger partial charge in [0.2, 0.25) is 0 Å². The Morgan fingerprint density at radius 3 is 2.67 bits per heavy atom. The molecule has 1 amide bonds. The van der Waals surface area contributed by atoms with E-state index < -0.39 is 0 Å². The summed E-state index contributed by atoms with van der Waals surface area (Å²) in [5, 5.41) is 2.98. The number of hydrogen-bond donors (Lipinski definition) is 1. The first kappa shape index (κ1) is 17.4. The van der Waals surface area contributed by atoms with Crippen LogP contribution >= 0.6 is 0 Å². The highest BCUT2D eigenvalue weighted by Gasteiger charge is 2.24. The van der Waals surface area contributed by atoms with Crippen LogP contribution in [0.25, 0.3) is 22.5 Å². The lowest BCUT2D eigenvalue weighted by atomic mass is 10.1. The number of aromatic nitrogens is 4. The van der Waals surface area contributed by atoms with Crippen molar-refractivity contribution < 1.29 is 4.79 Å². The van der Waals surface area contributed by atoms with Gasteiger partial charge in [-0.1, -0.05) is 6.92 Å². The summed E-state index contributed by atoms with van der Waals surface area (Å²) in [6, 6.07) is 5.74. The van der Waals surface area contributed by atoms with Gasteiger partial charge in [-0.05, 0) is 43.4 Å². The molecular formula is C21H23N5O. The highest BCUT2D eigenvalue weighted by Crippen LogP contribution is 2.32. The topological polar surface area (TPSA) is 72.7 Å². The molecule has 1 fully saturated rings. The SMILES string of the molecule is CCCNC(=O)c1cc(-c2cnc(-c3cccnc3)nc2)cn1CC1CC1. The van der Waals surface area contributed by atoms with E-state index in [0.717, 1.165) is 29.7 Å². The summed E-state index contributed by atoms with van der Waals surface area (Å²) >= 11 is 0. The minimum Gasteiger partial charge on any atom is -0.351 e. The Morgan fingerprint density at radius 1 is 1.19 bits per heavy atom. The van der Waals surface area contributed by atoms with E-state index in [9.17, 15) is 4.79 Å². The van der Waals surface area contributed by atoms with E-state index in [2.05, 4.69) is 31.8 Å². The number of nitrogens with zero attached hydrogens (tertiary/aromatic N) is 4. The third-order valence-electron chi connectivity index (χ3n) is 4.72. The molecule has 1 N–H and O–H groups in total. The molecule has 0 spiro atoms. The fourth-order valence-electron chi connectivity index (χ4n) is 3.04.